The third-order valence-corrected chi connectivity index (χ3v) is 2.93. The van der Waals surface area contributed by atoms with Crippen LogP contribution >= 0.6 is 11.6 Å². The maximum atomic E-state index is 5.87. The first-order valence-corrected chi connectivity index (χ1v) is 6.45. The minimum atomic E-state index is 0.431. The molecule has 0 fully saturated rings. The number of pyridine rings is 1. The number of fused-ring (bicyclic) bond motifs is 1. The van der Waals surface area contributed by atoms with Gasteiger partial charge >= 0.3 is 0 Å². The molecular weight excluding hydrogens is 266 g/mol. The molecule has 2 rings (SSSR count). The van der Waals surface area contributed by atoms with Crippen LogP contribution in [0.5, 0.6) is 0 Å². The van der Waals surface area contributed by atoms with Gasteiger partial charge in [-0.05, 0) is 20.2 Å². The van der Waals surface area contributed by atoms with Crippen LogP contribution in [0.2, 0.25) is 5.02 Å². The van der Waals surface area contributed by atoms with Crippen LogP contribution in [0.3, 0.4) is 0 Å². The summed E-state index contributed by atoms with van der Waals surface area (Å²) >= 11 is 5.87. The van der Waals surface area contributed by atoms with E-state index < -0.39 is 0 Å². The summed E-state index contributed by atoms with van der Waals surface area (Å²) in [5.74, 6) is 0.431. The number of nitrogens with zero attached hydrogens (tertiary/aromatic N) is 4. The van der Waals surface area contributed by atoms with Crippen molar-refractivity contribution in [3.8, 4) is 0 Å². The lowest BCUT2D eigenvalue weighted by atomic mass is 10.4. The molecule has 2 aromatic heterocycles. The van der Waals surface area contributed by atoms with E-state index in [4.69, 9.17) is 22.1 Å². The molecule has 0 bridgehead atoms. The number of ether oxygens (including phenoxy) is 1. The first-order chi connectivity index (χ1) is 9.08. The third kappa shape index (κ3) is 3.56. The van der Waals surface area contributed by atoms with E-state index in [0.29, 0.717) is 36.2 Å². The van der Waals surface area contributed by atoms with Gasteiger partial charge in [-0.1, -0.05) is 11.6 Å². The van der Waals surface area contributed by atoms with Crippen LogP contribution in [0.25, 0.3) is 11.2 Å². The smallest absolute Gasteiger partial charge is 0.202 e. The van der Waals surface area contributed by atoms with E-state index in [1.807, 2.05) is 18.7 Å². The molecule has 0 saturated heterocycles. The Morgan fingerprint density at radius 3 is 2.95 bits per heavy atom. The van der Waals surface area contributed by atoms with Crippen molar-refractivity contribution in [2.45, 2.75) is 6.54 Å². The normalized spacial score (nSPS) is 11.6. The Morgan fingerprint density at radius 2 is 2.21 bits per heavy atom. The van der Waals surface area contributed by atoms with Crippen molar-refractivity contribution in [3.05, 3.63) is 17.3 Å². The van der Waals surface area contributed by atoms with E-state index in [1.165, 1.54) is 0 Å². The van der Waals surface area contributed by atoms with Crippen molar-refractivity contribution in [3.63, 3.8) is 0 Å². The zero-order valence-electron chi connectivity index (χ0n) is 11.1. The van der Waals surface area contributed by atoms with Crippen LogP contribution in [0.4, 0.5) is 5.95 Å². The van der Waals surface area contributed by atoms with E-state index >= 15 is 0 Å². The van der Waals surface area contributed by atoms with E-state index in [0.717, 1.165) is 12.2 Å². The second-order valence-corrected chi connectivity index (χ2v) is 4.97. The Balaban J connectivity index is 1.98. The number of nitrogens with two attached hydrogens (primary N) is 1. The molecule has 0 saturated carbocycles. The summed E-state index contributed by atoms with van der Waals surface area (Å²) in [7, 11) is 4.02. The molecule has 104 valence electrons. The van der Waals surface area contributed by atoms with Gasteiger partial charge in [0.05, 0.1) is 24.8 Å². The van der Waals surface area contributed by atoms with Gasteiger partial charge in [-0.2, -0.15) is 0 Å². The summed E-state index contributed by atoms with van der Waals surface area (Å²) in [6.07, 6.45) is 1.59. The van der Waals surface area contributed by atoms with Gasteiger partial charge in [-0.25, -0.2) is 9.97 Å². The molecule has 7 heteroatoms. The number of imidazole rings is 1. The quantitative estimate of drug-likeness (QED) is 0.808. The SMILES string of the molecule is CN(C)CCOCCn1c(N)nc2cc(Cl)cnc21. The standard InChI is InChI=1S/C12H18ClN5O/c1-17(2)3-5-19-6-4-18-11-10(16-12(18)14)7-9(13)8-15-11/h7-8H,3-6H2,1-2H3,(H2,14,16). The number of nitrogen functional groups attached to an aromatic ring is 1. The Morgan fingerprint density at radius 1 is 1.42 bits per heavy atom. The summed E-state index contributed by atoms with van der Waals surface area (Å²) < 4.78 is 7.38. The number of anilines is 1. The molecule has 0 unspecified atom stereocenters. The summed E-state index contributed by atoms with van der Waals surface area (Å²) in [6, 6.07) is 1.75. The van der Waals surface area contributed by atoms with Gasteiger partial charge in [0.15, 0.2) is 5.65 Å². The average molecular weight is 284 g/mol. The fourth-order valence-corrected chi connectivity index (χ4v) is 1.88. The molecule has 0 amide bonds. The van der Waals surface area contributed by atoms with E-state index in [9.17, 15) is 0 Å². The average Bonchev–Trinajstić information content (AvgIpc) is 2.64. The molecule has 2 aromatic rings. The van der Waals surface area contributed by atoms with Crippen molar-refractivity contribution in [1.29, 1.82) is 0 Å². The highest BCUT2D eigenvalue weighted by Gasteiger charge is 2.09. The highest BCUT2D eigenvalue weighted by Crippen LogP contribution is 2.18. The Labute approximate surface area is 117 Å². The minimum Gasteiger partial charge on any atom is -0.378 e. The maximum Gasteiger partial charge on any atom is 0.202 e. The molecule has 0 aromatic carbocycles. The largest absolute Gasteiger partial charge is 0.378 e. The molecule has 0 aliphatic heterocycles. The number of hydrogen-bond acceptors (Lipinski definition) is 5. The lowest BCUT2D eigenvalue weighted by Gasteiger charge is -2.10. The molecule has 0 radical (unpaired) electrons. The lowest BCUT2D eigenvalue weighted by Crippen LogP contribution is -2.19. The lowest BCUT2D eigenvalue weighted by molar-refractivity contribution is 0.112. The summed E-state index contributed by atoms with van der Waals surface area (Å²) in [6.45, 7) is 2.80. The summed E-state index contributed by atoms with van der Waals surface area (Å²) in [5, 5.41) is 0.555. The predicted molar refractivity (Wildman–Crippen MR) is 76.3 cm³/mol. The number of aromatic nitrogens is 3. The van der Waals surface area contributed by atoms with Crippen LogP contribution in [-0.4, -0.2) is 53.3 Å². The Bertz CT molecular complexity index is 554. The highest BCUT2D eigenvalue weighted by molar-refractivity contribution is 6.31. The first-order valence-electron chi connectivity index (χ1n) is 6.07. The van der Waals surface area contributed by atoms with Crippen molar-refractivity contribution in [1.82, 2.24) is 19.4 Å². The van der Waals surface area contributed by atoms with E-state index in [1.54, 1.807) is 12.3 Å². The second-order valence-electron chi connectivity index (χ2n) is 4.53. The zero-order valence-corrected chi connectivity index (χ0v) is 11.9. The molecule has 0 atom stereocenters. The fraction of sp³-hybridized carbons (Fsp3) is 0.500. The minimum absolute atomic E-state index is 0.431. The van der Waals surface area contributed by atoms with E-state index in [-0.39, 0.29) is 0 Å². The van der Waals surface area contributed by atoms with Gasteiger partial charge in [0.1, 0.15) is 5.52 Å². The molecule has 0 aliphatic carbocycles. The summed E-state index contributed by atoms with van der Waals surface area (Å²) in [4.78, 5) is 10.6. The molecular formula is C12H18ClN5O. The Hall–Kier alpha value is -1.37. The van der Waals surface area contributed by atoms with Crippen molar-refractivity contribution in [2.24, 2.45) is 0 Å². The zero-order chi connectivity index (χ0) is 13.8. The van der Waals surface area contributed by atoms with Gasteiger partial charge in [0.2, 0.25) is 5.95 Å². The number of halogens is 1. The van der Waals surface area contributed by atoms with Crippen LogP contribution in [-0.2, 0) is 11.3 Å². The second kappa shape index (κ2) is 6.18. The van der Waals surface area contributed by atoms with Crippen LogP contribution in [0, 0.1) is 0 Å². The van der Waals surface area contributed by atoms with Crippen LogP contribution in [0.1, 0.15) is 0 Å². The van der Waals surface area contributed by atoms with Gasteiger partial charge < -0.3 is 15.4 Å². The highest BCUT2D eigenvalue weighted by atomic mass is 35.5. The number of rotatable bonds is 6. The Kier molecular flexibility index (Phi) is 4.57. The predicted octanol–water partition coefficient (Wildman–Crippen LogP) is 1.25. The summed E-state index contributed by atoms with van der Waals surface area (Å²) in [5.41, 5.74) is 7.31. The van der Waals surface area contributed by atoms with Gasteiger partial charge in [0, 0.05) is 12.7 Å². The third-order valence-electron chi connectivity index (χ3n) is 2.72. The molecule has 0 spiro atoms. The van der Waals surface area contributed by atoms with Gasteiger partial charge in [-0.15, -0.1) is 0 Å². The van der Waals surface area contributed by atoms with Crippen LogP contribution in [0.15, 0.2) is 12.3 Å². The topological polar surface area (TPSA) is 69.2 Å². The van der Waals surface area contributed by atoms with Gasteiger partial charge in [-0.3, -0.25) is 4.57 Å². The monoisotopic (exact) mass is 283 g/mol. The molecule has 19 heavy (non-hydrogen) atoms. The van der Waals surface area contributed by atoms with Crippen molar-refractivity contribution in [2.75, 3.05) is 39.6 Å². The fourth-order valence-electron chi connectivity index (χ4n) is 1.73. The molecule has 6 nitrogen and oxygen atoms in total. The van der Waals surface area contributed by atoms with Crippen LogP contribution < -0.4 is 5.73 Å². The number of hydrogen-bond donors (Lipinski definition) is 1. The van der Waals surface area contributed by atoms with Gasteiger partial charge in [0.25, 0.3) is 0 Å². The number of likely N-dealkylation sites (N-methyl/N-ethyl adjacent to an activating group) is 1. The molecule has 2 N–H and O–H groups in total. The molecule has 0 aliphatic rings. The van der Waals surface area contributed by atoms with Crippen molar-refractivity contribution >= 4 is 28.7 Å². The maximum absolute atomic E-state index is 5.87. The molecule has 2 heterocycles. The van der Waals surface area contributed by atoms with E-state index in [2.05, 4.69) is 14.9 Å². The van der Waals surface area contributed by atoms with Crippen molar-refractivity contribution < 1.29 is 4.74 Å². The first kappa shape index (κ1) is 14.0.